The van der Waals surface area contributed by atoms with Gasteiger partial charge in [-0.15, -0.1) is 0 Å². The van der Waals surface area contributed by atoms with Crippen LogP contribution in [-0.2, 0) is 4.79 Å². The fraction of sp³-hybridized carbons (Fsp3) is 0.571. The first-order chi connectivity index (χ1) is 5.84. The molecule has 5 heteroatoms. The van der Waals surface area contributed by atoms with E-state index in [1.807, 2.05) is 11.8 Å². The molecule has 0 fully saturated rings. The maximum Gasteiger partial charge on any atom is 0.309 e. The highest BCUT2D eigenvalue weighted by Crippen LogP contribution is 1.97. The van der Waals surface area contributed by atoms with Crippen molar-refractivity contribution in [1.29, 1.82) is 0 Å². The van der Waals surface area contributed by atoms with Gasteiger partial charge in [-0.25, -0.2) is 4.99 Å². The minimum atomic E-state index is 0.202. The number of nitrogens with one attached hydrogen (secondary N) is 1. The summed E-state index contributed by atoms with van der Waals surface area (Å²) in [5, 5.41) is 2.48. The molecule has 0 bridgehead atoms. The van der Waals surface area contributed by atoms with Gasteiger partial charge in [0.2, 0.25) is 0 Å². The lowest BCUT2D eigenvalue weighted by atomic mass is 10.3. The summed E-state index contributed by atoms with van der Waals surface area (Å²) in [5.41, 5.74) is 0. The lowest BCUT2D eigenvalue weighted by molar-refractivity contribution is 0.343. The number of amides is 1. The molecule has 1 amide bonds. The Labute approximate surface area is 71.2 Å². The van der Waals surface area contributed by atoms with Gasteiger partial charge in [-0.1, -0.05) is 0 Å². The minimum absolute atomic E-state index is 0.202. The van der Waals surface area contributed by atoms with E-state index in [2.05, 4.69) is 15.3 Å². The van der Waals surface area contributed by atoms with Gasteiger partial charge in [-0.05, 0) is 6.92 Å². The molecule has 0 spiro atoms. The van der Waals surface area contributed by atoms with Gasteiger partial charge >= 0.3 is 6.41 Å². The standard InChI is InChI=1S/C7H11N4O/c1-7(2-8-6-12)11-4-9-3-10-5-11/h3-4,7H,2,5H2,1H3,(H,8,12). The van der Waals surface area contributed by atoms with Crippen molar-refractivity contribution in [3.8, 4) is 0 Å². The van der Waals surface area contributed by atoms with Crippen LogP contribution in [0.3, 0.4) is 0 Å². The maximum atomic E-state index is 9.87. The highest BCUT2D eigenvalue weighted by Gasteiger charge is 2.09. The Bertz CT molecular complexity index is 202. The number of carbonyl (C=O) groups excluding carboxylic acids is 1. The SMILES string of the molecule is CC(CN[C]=O)N1C=NC=NC1. The van der Waals surface area contributed by atoms with Crippen LogP contribution in [0.2, 0.25) is 0 Å². The Morgan fingerprint density at radius 3 is 3.25 bits per heavy atom. The fourth-order valence-electron chi connectivity index (χ4n) is 0.890. The van der Waals surface area contributed by atoms with Crippen molar-refractivity contribution in [3.63, 3.8) is 0 Å². The third-order valence-electron chi connectivity index (χ3n) is 1.64. The monoisotopic (exact) mass is 167 g/mol. The molecule has 0 aliphatic carbocycles. The summed E-state index contributed by atoms with van der Waals surface area (Å²) in [5.74, 6) is 0. The van der Waals surface area contributed by atoms with Crippen LogP contribution in [0.15, 0.2) is 9.98 Å². The summed E-state index contributed by atoms with van der Waals surface area (Å²) in [7, 11) is 0. The Morgan fingerprint density at radius 2 is 2.67 bits per heavy atom. The molecule has 1 rings (SSSR count). The molecule has 0 aromatic heterocycles. The van der Waals surface area contributed by atoms with Gasteiger partial charge in [0.25, 0.3) is 0 Å². The molecule has 1 radical (unpaired) electrons. The van der Waals surface area contributed by atoms with E-state index in [1.165, 1.54) is 6.34 Å². The van der Waals surface area contributed by atoms with Crippen molar-refractivity contribution >= 4 is 19.1 Å². The number of aliphatic imine (C=N–C) groups is 2. The first kappa shape index (κ1) is 8.70. The van der Waals surface area contributed by atoms with Crippen molar-refractivity contribution in [2.24, 2.45) is 9.98 Å². The van der Waals surface area contributed by atoms with Gasteiger partial charge in [0.1, 0.15) is 13.0 Å². The smallest absolute Gasteiger partial charge is 0.309 e. The summed E-state index contributed by atoms with van der Waals surface area (Å²) in [6.45, 7) is 3.15. The van der Waals surface area contributed by atoms with E-state index in [0.29, 0.717) is 13.2 Å². The zero-order valence-corrected chi connectivity index (χ0v) is 6.90. The normalized spacial score (nSPS) is 17.6. The summed E-state index contributed by atoms with van der Waals surface area (Å²) < 4.78 is 0. The van der Waals surface area contributed by atoms with Crippen LogP contribution < -0.4 is 5.32 Å². The van der Waals surface area contributed by atoms with Crippen LogP contribution in [0, 0.1) is 0 Å². The molecule has 1 heterocycles. The van der Waals surface area contributed by atoms with Crippen LogP contribution in [-0.4, -0.2) is 43.2 Å². The Morgan fingerprint density at radius 1 is 1.83 bits per heavy atom. The van der Waals surface area contributed by atoms with Gasteiger partial charge in [-0.3, -0.25) is 9.79 Å². The second-order valence-corrected chi connectivity index (χ2v) is 2.55. The summed E-state index contributed by atoms with van der Waals surface area (Å²) >= 11 is 0. The Kier molecular flexibility index (Phi) is 3.25. The molecule has 1 aliphatic rings. The number of rotatable bonds is 4. The first-order valence-electron chi connectivity index (χ1n) is 3.72. The average molecular weight is 167 g/mol. The first-order valence-corrected chi connectivity index (χ1v) is 3.72. The Balaban J connectivity index is 2.31. The summed E-state index contributed by atoms with van der Waals surface area (Å²) in [6.07, 6.45) is 4.86. The van der Waals surface area contributed by atoms with E-state index in [0.717, 1.165) is 0 Å². The second kappa shape index (κ2) is 4.48. The number of hydrogen-bond donors (Lipinski definition) is 1. The molecule has 0 aromatic carbocycles. The van der Waals surface area contributed by atoms with Crippen molar-refractivity contribution in [2.75, 3.05) is 13.2 Å². The topological polar surface area (TPSA) is 57.1 Å². The minimum Gasteiger partial charge on any atom is -0.346 e. The fourth-order valence-corrected chi connectivity index (χ4v) is 0.890. The second-order valence-electron chi connectivity index (χ2n) is 2.55. The molecule has 1 N–H and O–H groups in total. The van der Waals surface area contributed by atoms with Crippen molar-refractivity contribution in [1.82, 2.24) is 10.2 Å². The van der Waals surface area contributed by atoms with Gasteiger partial charge in [0.15, 0.2) is 0 Å². The molecule has 1 atom stereocenters. The highest BCUT2D eigenvalue weighted by atomic mass is 16.1. The third-order valence-corrected chi connectivity index (χ3v) is 1.64. The van der Waals surface area contributed by atoms with E-state index in [9.17, 15) is 4.79 Å². The molecule has 1 aliphatic heterocycles. The van der Waals surface area contributed by atoms with E-state index >= 15 is 0 Å². The van der Waals surface area contributed by atoms with Gasteiger partial charge in [-0.2, -0.15) is 0 Å². The van der Waals surface area contributed by atoms with Crippen LogP contribution in [0.1, 0.15) is 6.92 Å². The lowest BCUT2D eigenvalue weighted by Crippen LogP contribution is -2.40. The van der Waals surface area contributed by atoms with Crippen molar-refractivity contribution in [2.45, 2.75) is 13.0 Å². The van der Waals surface area contributed by atoms with Crippen molar-refractivity contribution < 1.29 is 4.79 Å². The molecule has 12 heavy (non-hydrogen) atoms. The third kappa shape index (κ3) is 2.34. The zero-order valence-electron chi connectivity index (χ0n) is 6.90. The van der Waals surface area contributed by atoms with E-state index in [4.69, 9.17) is 0 Å². The molecule has 0 aromatic rings. The highest BCUT2D eigenvalue weighted by molar-refractivity contribution is 5.73. The van der Waals surface area contributed by atoms with Crippen LogP contribution in [0.4, 0.5) is 0 Å². The summed E-state index contributed by atoms with van der Waals surface area (Å²) in [4.78, 5) is 19.6. The lowest BCUT2D eigenvalue weighted by Gasteiger charge is -2.25. The predicted octanol–water partition coefficient (Wildman–Crippen LogP) is -0.639. The largest absolute Gasteiger partial charge is 0.346 e. The molecule has 1 unspecified atom stereocenters. The van der Waals surface area contributed by atoms with E-state index in [-0.39, 0.29) is 6.04 Å². The molecular weight excluding hydrogens is 156 g/mol. The van der Waals surface area contributed by atoms with Crippen LogP contribution in [0.25, 0.3) is 0 Å². The number of nitrogens with zero attached hydrogens (tertiary/aromatic N) is 3. The van der Waals surface area contributed by atoms with Gasteiger partial charge in [0.05, 0.1) is 6.34 Å². The van der Waals surface area contributed by atoms with Gasteiger partial charge in [0, 0.05) is 12.6 Å². The average Bonchev–Trinajstić information content (AvgIpc) is 2.15. The predicted molar refractivity (Wildman–Crippen MR) is 46.8 cm³/mol. The van der Waals surface area contributed by atoms with Gasteiger partial charge < -0.3 is 10.2 Å². The molecule has 0 saturated heterocycles. The quantitative estimate of drug-likeness (QED) is 0.566. The van der Waals surface area contributed by atoms with Crippen LogP contribution in [0.5, 0.6) is 0 Å². The van der Waals surface area contributed by atoms with E-state index in [1.54, 1.807) is 12.7 Å². The zero-order chi connectivity index (χ0) is 8.81. The molecular formula is C7H11N4O. The number of hydrogen-bond acceptors (Lipinski definition) is 4. The van der Waals surface area contributed by atoms with E-state index < -0.39 is 0 Å². The maximum absolute atomic E-state index is 9.87. The van der Waals surface area contributed by atoms with Crippen molar-refractivity contribution in [3.05, 3.63) is 0 Å². The molecule has 65 valence electrons. The molecule has 5 nitrogen and oxygen atoms in total. The summed E-state index contributed by atoms with van der Waals surface area (Å²) in [6, 6.07) is 0.202. The Hall–Kier alpha value is -1.39. The van der Waals surface area contributed by atoms with Crippen LogP contribution >= 0.6 is 0 Å². The molecule has 0 saturated carbocycles.